The molecule has 37 valence electrons. The molecule has 0 rings (SSSR count). The van der Waals surface area contributed by atoms with Crippen molar-refractivity contribution < 1.29 is 0 Å². The first-order chi connectivity index (χ1) is 2.81. The number of hydrogen-bond donors (Lipinski definition) is 0. The van der Waals surface area contributed by atoms with E-state index in [0.717, 1.165) is 0 Å². The van der Waals surface area contributed by atoms with Gasteiger partial charge in [-0.15, -0.1) is 0 Å². The summed E-state index contributed by atoms with van der Waals surface area (Å²) in [6.07, 6.45) is 1.23. The summed E-state index contributed by atoms with van der Waals surface area (Å²) >= 11 is 1.86. The van der Waals surface area contributed by atoms with Crippen LogP contribution in [-0.4, -0.2) is 22.3 Å². The van der Waals surface area contributed by atoms with E-state index in [1.54, 1.807) is 0 Å². The molecular formula is C5H11Te. The molecule has 0 bridgehead atoms. The molecule has 0 amide bonds. The van der Waals surface area contributed by atoms with E-state index in [2.05, 4.69) is 13.8 Å². The van der Waals surface area contributed by atoms with E-state index in [1.165, 1.54) is 10.9 Å². The van der Waals surface area contributed by atoms with Crippen LogP contribution < -0.4 is 0 Å². The predicted molar refractivity (Wildman–Crippen MR) is 31.1 cm³/mol. The molecule has 1 atom stereocenters. The van der Waals surface area contributed by atoms with Crippen LogP contribution in [0.3, 0.4) is 0 Å². The van der Waals surface area contributed by atoms with E-state index < -0.39 is 0 Å². The summed E-state index contributed by atoms with van der Waals surface area (Å²) in [6, 6.07) is 0. The van der Waals surface area contributed by atoms with Crippen LogP contribution in [0.25, 0.3) is 0 Å². The Balaban J connectivity index is 2.75. The van der Waals surface area contributed by atoms with Crippen LogP contribution in [0.15, 0.2) is 0 Å². The summed E-state index contributed by atoms with van der Waals surface area (Å²) in [5.74, 6) is 0.707. The van der Waals surface area contributed by atoms with Crippen LogP contribution in [0.2, 0.25) is 4.47 Å². The van der Waals surface area contributed by atoms with Crippen molar-refractivity contribution in [3.8, 4) is 0 Å². The summed E-state index contributed by atoms with van der Waals surface area (Å²) in [4.78, 5) is 0. The van der Waals surface area contributed by atoms with Crippen molar-refractivity contribution in [3.05, 3.63) is 6.92 Å². The van der Waals surface area contributed by atoms with Gasteiger partial charge in [0.2, 0.25) is 0 Å². The van der Waals surface area contributed by atoms with Crippen LogP contribution in [0.5, 0.6) is 0 Å². The fraction of sp³-hybridized carbons (Fsp3) is 0.800. The molecule has 0 saturated heterocycles. The third-order valence-corrected chi connectivity index (χ3v) is 2.31. The van der Waals surface area contributed by atoms with Gasteiger partial charge in [0.15, 0.2) is 0 Å². The first-order valence-electron chi connectivity index (χ1n) is 2.25. The molecule has 0 aromatic carbocycles. The van der Waals surface area contributed by atoms with Crippen molar-refractivity contribution in [1.82, 2.24) is 0 Å². The summed E-state index contributed by atoms with van der Waals surface area (Å²) in [7, 11) is 0. The molecule has 1 unspecified atom stereocenters. The first kappa shape index (κ1) is 6.79. The van der Waals surface area contributed by atoms with Gasteiger partial charge in [-0.1, -0.05) is 0 Å². The Labute approximate surface area is 53.2 Å². The van der Waals surface area contributed by atoms with E-state index >= 15 is 0 Å². The molecule has 0 spiro atoms. The molecule has 0 aromatic rings. The third kappa shape index (κ3) is 3.00. The van der Waals surface area contributed by atoms with Gasteiger partial charge in [-0.3, -0.25) is 0 Å². The Morgan fingerprint density at radius 2 is 2.33 bits per heavy atom. The van der Waals surface area contributed by atoms with E-state index in [-0.39, 0.29) is 0 Å². The van der Waals surface area contributed by atoms with Gasteiger partial charge in [0.05, 0.1) is 0 Å². The van der Waals surface area contributed by atoms with E-state index in [9.17, 15) is 0 Å². The van der Waals surface area contributed by atoms with Crippen LogP contribution in [0.4, 0.5) is 0 Å². The van der Waals surface area contributed by atoms with Gasteiger partial charge in [-0.25, -0.2) is 0 Å². The fourth-order valence-electron chi connectivity index (χ4n) is 0.129. The maximum atomic E-state index is 3.89. The van der Waals surface area contributed by atoms with Gasteiger partial charge in [-0.2, -0.15) is 0 Å². The van der Waals surface area contributed by atoms with Gasteiger partial charge in [-0.05, 0) is 0 Å². The minimum absolute atomic E-state index is 0.707. The molecule has 0 fully saturated rings. The summed E-state index contributed by atoms with van der Waals surface area (Å²) in [5.41, 5.74) is 0. The zero-order valence-electron chi connectivity index (χ0n) is 4.15. The van der Waals surface area contributed by atoms with Crippen molar-refractivity contribution >= 4 is 22.3 Å². The molecule has 0 heterocycles. The average Bonchev–Trinajstić information content (AvgIpc) is 1.65. The second-order valence-corrected chi connectivity index (χ2v) is 2.50. The summed E-state index contributed by atoms with van der Waals surface area (Å²) in [5, 5.41) is 0. The Morgan fingerprint density at radius 1 is 1.83 bits per heavy atom. The van der Waals surface area contributed by atoms with Crippen LogP contribution in [0, 0.1) is 12.8 Å². The molecule has 0 aliphatic heterocycles. The van der Waals surface area contributed by atoms with E-state index in [4.69, 9.17) is 0 Å². The SMILES string of the molecule is [CH2]C(CC)C[TeH]. The van der Waals surface area contributed by atoms with Crippen LogP contribution in [-0.2, 0) is 0 Å². The zero-order chi connectivity index (χ0) is 4.99. The fourth-order valence-corrected chi connectivity index (χ4v) is 0.866. The Morgan fingerprint density at radius 3 is 2.33 bits per heavy atom. The molecule has 0 aliphatic rings. The van der Waals surface area contributed by atoms with Crippen molar-refractivity contribution in [3.63, 3.8) is 0 Å². The van der Waals surface area contributed by atoms with Gasteiger partial charge in [0.1, 0.15) is 0 Å². The van der Waals surface area contributed by atoms with Gasteiger partial charge < -0.3 is 0 Å². The molecule has 1 radical (unpaired) electrons. The monoisotopic (exact) mass is 201 g/mol. The molecule has 0 nitrogen and oxygen atoms in total. The quantitative estimate of drug-likeness (QED) is 0.585. The molecule has 6 heavy (non-hydrogen) atoms. The topological polar surface area (TPSA) is 0 Å². The van der Waals surface area contributed by atoms with Crippen molar-refractivity contribution in [1.29, 1.82) is 0 Å². The molecule has 0 saturated carbocycles. The van der Waals surface area contributed by atoms with E-state index in [1.807, 2.05) is 22.3 Å². The molecule has 0 aromatic heterocycles. The van der Waals surface area contributed by atoms with Gasteiger partial charge >= 0.3 is 52.9 Å². The molecule has 0 N–H and O–H groups in total. The van der Waals surface area contributed by atoms with Crippen molar-refractivity contribution in [2.45, 2.75) is 17.8 Å². The summed E-state index contributed by atoms with van der Waals surface area (Å²) in [6.45, 7) is 6.06. The maximum absolute atomic E-state index is 3.89. The minimum atomic E-state index is 0.707. The predicted octanol–water partition coefficient (Wildman–Crippen LogP) is 1.17. The van der Waals surface area contributed by atoms with Gasteiger partial charge in [0, 0.05) is 0 Å². The normalized spacial score (nSPS) is 14.5. The zero-order valence-corrected chi connectivity index (χ0v) is 6.70. The Hall–Kier alpha value is 0.790. The number of hydrogen-bond acceptors (Lipinski definition) is 0. The molecule has 0 aliphatic carbocycles. The van der Waals surface area contributed by atoms with Gasteiger partial charge in [0.25, 0.3) is 0 Å². The van der Waals surface area contributed by atoms with Crippen LogP contribution in [0.1, 0.15) is 13.3 Å². The average molecular weight is 199 g/mol. The van der Waals surface area contributed by atoms with Crippen molar-refractivity contribution in [2.24, 2.45) is 5.92 Å². The van der Waals surface area contributed by atoms with Crippen LogP contribution >= 0.6 is 0 Å². The second kappa shape index (κ2) is 3.96. The summed E-state index contributed by atoms with van der Waals surface area (Å²) < 4.78 is 1.27. The number of rotatable bonds is 2. The Bertz CT molecular complexity index is 23.1. The second-order valence-electron chi connectivity index (χ2n) is 1.46. The third-order valence-electron chi connectivity index (χ3n) is 0.836. The van der Waals surface area contributed by atoms with E-state index in [0.29, 0.717) is 5.92 Å². The standard InChI is InChI=1S/C5H11Te/c1-3-5(2)4-6/h5-6H,2-4H2,1H3. The van der Waals surface area contributed by atoms with Crippen molar-refractivity contribution in [2.75, 3.05) is 0 Å². The Kier molecular flexibility index (Phi) is 4.48. The molecular weight excluding hydrogens is 188 g/mol. The first-order valence-corrected chi connectivity index (χ1v) is 4.05. The molecule has 1 heteroatoms.